The molecule has 2 aliphatic rings. The van der Waals surface area contributed by atoms with E-state index in [4.69, 9.17) is 0 Å². The summed E-state index contributed by atoms with van der Waals surface area (Å²) in [6, 6.07) is 1.01. The van der Waals surface area contributed by atoms with E-state index in [9.17, 15) is 0 Å². The van der Waals surface area contributed by atoms with Crippen molar-refractivity contribution < 1.29 is 29.6 Å². The van der Waals surface area contributed by atoms with E-state index in [0.717, 1.165) is 6.04 Å². The second kappa shape index (κ2) is 5.15. The molecular formula is C7H14BrNNa+. The summed E-state index contributed by atoms with van der Waals surface area (Å²) >= 11 is 0. The number of hydrogen-bond acceptors (Lipinski definition) is 1. The van der Waals surface area contributed by atoms with Crippen molar-refractivity contribution in [3.05, 3.63) is 0 Å². The molecular weight excluding hydrogens is 201 g/mol. The first-order valence-corrected chi connectivity index (χ1v) is 3.71. The van der Waals surface area contributed by atoms with E-state index in [1.54, 1.807) is 0 Å². The molecule has 2 heterocycles. The van der Waals surface area contributed by atoms with Gasteiger partial charge in [0.1, 0.15) is 0 Å². The minimum absolute atomic E-state index is 0. The van der Waals surface area contributed by atoms with Crippen LogP contribution >= 0.6 is 17.0 Å². The van der Waals surface area contributed by atoms with Crippen LogP contribution in [0.15, 0.2) is 0 Å². The third kappa shape index (κ3) is 2.21. The van der Waals surface area contributed by atoms with Gasteiger partial charge in [-0.1, -0.05) is 0 Å². The van der Waals surface area contributed by atoms with Crippen molar-refractivity contribution in [2.45, 2.75) is 31.7 Å². The van der Waals surface area contributed by atoms with Crippen molar-refractivity contribution in [2.24, 2.45) is 0 Å². The summed E-state index contributed by atoms with van der Waals surface area (Å²) in [4.78, 5) is 2.64. The summed E-state index contributed by atoms with van der Waals surface area (Å²) in [5.74, 6) is 0. The van der Waals surface area contributed by atoms with Crippen LogP contribution in [-0.4, -0.2) is 24.0 Å². The number of fused-ring (bicyclic) bond motifs is 1. The minimum Gasteiger partial charge on any atom is -0.300 e. The zero-order chi connectivity index (χ0) is 5.40. The van der Waals surface area contributed by atoms with Gasteiger partial charge in [-0.25, -0.2) is 0 Å². The van der Waals surface area contributed by atoms with E-state index < -0.39 is 0 Å². The Hall–Kier alpha value is 1.44. The molecule has 0 amide bonds. The van der Waals surface area contributed by atoms with Gasteiger partial charge >= 0.3 is 29.6 Å². The van der Waals surface area contributed by atoms with Crippen LogP contribution in [-0.2, 0) is 0 Å². The topological polar surface area (TPSA) is 3.24 Å². The maximum Gasteiger partial charge on any atom is 1.00 e. The van der Waals surface area contributed by atoms with Gasteiger partial charge in [-0.05, 0) is 38.8 Å². The third-order valence-corrected chi connectivity index (χ3v) is 2.48. The zero-order valence-corrected chi connectivity index (χ0v) is 10.4. The fourth-order valence-corrected chi connectivity index (χ4v) is 2.05. The van der Waals surface area contributed by atoms with Gasteiger partial charge in [-0.2, -0.15) is 0 Å². The van der Waals surface area contributed by atoms with Crippen molar-refractivity contribution in [2.75, 3.05) is 13.1 Å². The Balaban J connectivity index is 0.000000405. The number of rotatable bonds is 0. The molecule has 2 aliphatic heterocycles. The van der Waals surface area contributed by atoms with Crippen LogP contribution in [0.4, 0.5) is 0 Å². The molecule has 0 N–H and O–H groups in total. The van der Waals surface area contributed by atoms with Gasteiger partial charge in [0.25, 0.3) is 0 Å². The standard InChI is InChI=1S/C7H13N.BrH.Na/c1-3-7-4-2-6-8(7)5-1;;/h7H,1-6H2;1H;/q;;+1. The number of nitrogens with zero attached hydrogens (tertiary/aromatic N) is 1. The van der Waals surface area contributed by atoms with Gasteiger partial charge < -0.3 is 4.90 Å². The maximum atomic E-state index is 2.64. The number of halogens is 1. The van der Waals surface area contributed by atoms with E-state index in [0.29, 0.717) is 0 Å². The molecule has 0 spiro atoms. The molecule has 2 rings (SSSR count). The first kappa shape index (κ1) is 11.4. The molecule has 2 fully saturated rings. The van der Waals surface area contributed by atoms with Crippen molar-refractivity contribution >= 4 is 17.0 Å². The summed E-state index contributed by atoms with van der Waals surface area (Å²) in [5.41, 5.74) is 0. The Morgan fingerprint density at radius 3 is 1.90 bits per heavy atom. The predicted octanol–water partition coefficient (Wildman–Crippen LogP) is -1.17. The van der Waals surface area contributed by atoms with E-state index >= 15 is 0 Å². The van der Waals surface area contributed by atoms with Gasteiger partial charge in [0, 0.05) is 6.04 Å². The fraction of sp³-hybridized carbons (Fsp3) is 1.00. The third-order valence-electron chi connectivity index (χ3n) is 2.48. The number of hydrogen-bond donors (Lipinski definition) is 0. The van der Waals surface area contributed by atoms with E-state index in [2.05, 4.69) is 4.90 Å². The smallest absolute Gasteiger partial charge is 0.300 e. The van der Waals surface area contributed by atoms with Crippen LogP contribution in [0.3, 0.4) is 0 Å². The second-order valence-electron chi connectivity index (χ2n) is 2.97. The van der Waals surface area contributed by atoms with E-state index in [1.807, 2.05) is 0 Å². The van der Waals surface area contributed by atoms with Gasteiger partial charge in [-0.3, -0.25) is 0 Å². The van der Waals surface area contributed by atoms with Gasteiger partial charge in [-0.15, -0.1) is 17.0 Å². The summed E-state index contributed by atoms with van der Waals surface area (Å²) in [6.45, 7) is 2.79. The average molecular weight is 215 g/mol. The Morgan fingerprint density at radius 2 is 1.50 bits per heavy atom. The first-order valence-electron chi connectivity index (χ1n) is 3.71. The molecule has 0 aromatic rings. The van der Waals surface area contributed by atoms with Crippen molar-refractivity contribution in [3.8, 4) is 0 Å². The monoisotopic (exact) mass is 214 g/mol. The van der Waals surface area contributed by atoms with Crippen LogP contribution in [0, 0.1) is 0 Å². The molecule has 0 aromatic carbocycles. The Bertz CT molecular complexity index is 79.6. The van der Waals surface area contributed by atoms with Crippen molar-refractivity contribution in [1.82, 2.24) is 4.90 Å². The quantitative estimate of drug-likeness (QED) is 0.460. The second-order valence-corrected chi connectivity index (χ2v) is 2.97. The molecule has 2 saturated heterocycles. The molecule has 0 unspecified atom stereocenters. The van der Waals surface area contributed by atoms with E-state index in [-0.39, 0.29) is 46.5 Å². The normalized spacial score (nSPS) is 25.2. The molecule has 0 aromatic heterocycles. The first-order chi connectivity index (χ1) is 3.97. The average Bonchev–Trinajstić information content (AvgIpc) is 2.15. The molecule has 10 heavy (non-hydrogen) atoms. The predicted molar refractivity (Wildman–Crippen MR) is 44.2 cm³/mol. The van der Waals surface area contributed by atoms with Crippen molar-refractivity contribution in [1.29, 1.82) is 0 Å². The summed E-state index contributed by atoms with van der Waals surface area (Å²) in [5, 5.41) is 0. The molecule has 0 radical (unpaired) electrons. The molecule has 54 valence electrons. The molecule has 1 nitrogen and oxygen atoms in total. The SMILES string of the molecule is Br.C1CC2CCCN2C1.[Na+]. The van der Waals surface area contributed by atoms with E-state index in [1.165, 1.54) is 38.8 Å². The maximum absolute atomic E-state index is 2.64. The zero-order valence-electron chi connectivity index (χ0n) is 6.68. The molecule has 0 atom stereocenters. The Labute approximate surface area is 95.6 Å². The summed E-state index contributed by atoms with van der Waals surface area (Å²) in [7, 11) is 0. The van der Waals surface area contributed by atoms with Crippen molar-refractivity contribution in [3.63, 3.8) is 0 Å². The summed E-state index contributed by atoms with van der Waals surface area (Å²) in [6.07, 6.45) is 5.90. The largest absolute Gasteiger partial charge is 1.00 e. The Kier molecular flexibility index (Phi) is 5.89. The van der Waals surface area contributed by atoms with Gasteiger partial charge in [0.2, 0.25) is 0 Å². The van der Waals surface area contributed by atoms with Crippen LogP contribution < -0.4 is 29.6 Å². The van der Waals surface area contributed by atoms with Gasteiger partial charge in [0.15, 0.2) is 0 Å². The van der Waals surface area contributed by atoms with Crippen LogP contribution in [0.5, 0.6) is 0 Å². The van der Waals surface area contributed by atoms with Crippen LogP contribution in [0.2, 0.25) is 0 Å². The minimum atomic E-state index is 0. The van der Waals surface area contributed by atoms with Crippen LogP contribution in [0.25, 0.3) is 0 Å². The molecule has 3 heteroatoms. The van der Waals surface area contributed by atoms with Gasteiger partial charge in [0.05, 0.1) is 0 Å². The Morgan fingerprint density at radius 1 is 1.00 bits per heavy atom. The van der Waals surface area contributed by atoms with Crippen LogP contribution in [0.1, 0.15) is 25.7 Å². The molecule has 0 bridgehead atoms. The fourth-order valence-electron chi connectivity index (χ4n) is 2.05. The summed E-state index contributed by atoms with van der Waals surface area (Å²) < 4.78 is 0. The molecule has 0 saturated carbocycles. The molecule has 0 aliphatic carbocycles.